The van der Waals surface area contributed by atoms with E-state index >= 15 is 0 Å². The van der Waals surface area contributed by atoms with E-state index in [2.05, 4.69) is 5.32 Å². The lowest BCUT2D eigenvalue weighted by Gasteiger charge is -2.24. The van der Waals surface area contributed by atoms with E-state index in [1.54, 1.807) is 4.90 Å². The van der Waals surface area contributed by atoms with Crippen molar-refractivity contribution in [3.8, 4) is 0 Å². The highest BCUT2D eigenvalue weighted by molar-refractivity contribution is 5.85. The van der Waals surface area contributed by atoms with E-state index < -0.39 is 41.0 Å². The number of esters is 1. The largest absolute Gasteiger partial charge is 0.451 e. The highest BCUT2D eigenvalue weighted by atomic mass is 19.4. The summed E-state index contributed by atoms with van der Waals surface area (Å²) in [7, 11) is 0. The number of likely N-dealkylation sites (tertiary alicyclic amines) is 1. The van der Waals surface area contributed by atoms with Crippen LogP contribution in [-0.4, -0.2) is 47.4 Å². The first-order valence-electron chi connectivity index (χ1n) is 9.17. The van der Waals surface area contributed by atoms with Gasteiger partial charge >= 0.3 is 12.1 Å². The van der Waals surface area contributed by atoms with Crippen LogP contribution in [0.3, 0.4) is 0 Å². The van der Waals surface area contributed by atoms with Crippen LogP contribution in [0, 0.1) is 10.1 Å². The van der Waals surface area contributed by atoms with E-state index in [-0.39, 0.29) is 11.6 Å². The molecular formula is C18H22F3N3O5. The molecule has 1 unspecified atom stereocenters. The molecule has 0 spiro atoms. The Morgan fingerprint density at radius 2 is 1.86 bits per heavy atom. The molecule has 1 saturated heterocycles. The number of carbonyl (C=O) groups excluding carboxylic acids is 2. The molecule has 1 aromatic rings. The molecule has 1 heterocycles. The van der Waals surface area contributed by atoms with Gasteiger partial charge in [-0.3, -0.25) is 19.7 Å². The van der Waals surface area contributed by atoms with Crippen LogP contribution < -0.4 is 5.32 Å². The lowest BCUT2D eigenvalue weighted by molar-refractivity contribution is -0.384. The topological polar surface area (TPSA) is 102 Å². The van der Waals surface area contributed by atoms with E-state index in [1.807, 2.05) is 0 Å². The molecule has 1 atom stereocenters. The van der Waals surface area contributed by atoms with Crippen LogP contribution in [0.1, 0.15) is 38.2 Å². The molecule has 1 fully saturated rings. The molecule has 0 saturated carbocycles. The van der Waals surface area contributed by atoms with Gasteiger partial charge in [0.1, 0.15) is 12.2 Å². The summed E-state index contributed by atoms with van der Waals surface area (Å²) in [5.74, 6) is -1.17. The average Bonchev–Trinajstić information content (AvgIpc) is 2.94. The number of benzene rings is 1. The van der Waals surface area contributed by atoms with Gasteiger partial charge in [0.25, 0.3) is 11.6 Å². The normalized spacial score (nSPS) is 15.9. The number of halogens is 3. The Balaban J connectivity index is 1.96. The molecular weight excluding hydrogens is 395 g/mol. The zero-order chi connectivity index (χ0) is 21.6. The minimum absolute atomic E-state index is 0.258. The van der Waals surface area contributed by atoms with Crippen LogP contribution in [0.5, 0.6) is 0 Å². The number of nitro benzene ring substituents is 1. The van der Waals surface area contributed by atoms with Crippen molar-refractivity contribution in [2.24, 2.45) is 0 Å². The van der Waals surface area contributed by atoms with Gasteiger partial charge in [-0.15, -0.1) is 0 Å². The molecule has 0 aliphatic carbocycles. The van der Waals surface area contributed by atoms with Crippen molar-refractivity contribution in [1.82, 2.24) is 4.90 Å². The molecule has 1 aliphatic rings. The fourth-order valence-corrected chi connectivity index (χ4v) is 3.01. The van der Waals surface area contributed by atoms with Gasteiger partial charge < -0.3 is 15.0 Å². The highest BCUT2D eigenvalue weighted by Crippen LogP contribution is 2.34. The molecule has 11 heteroatoms. The number of hydrogen-bond donors (Lipinski definition) is 1. The zero-order valence-electron chi connectivity index (χ0n) is 15.8. The SMILES string of the molecule is CC(OC(=O)CNc1ccc(C(F)(F)F)cc1[N+](=O)[O-])C(=O)N1CCCCCC1. The van der Waals surface area contributed by atoms with Gasteiger partial charge in [0.15, 0.2) is 6.10 Å². The summed E-state index contributed by atoms with van der Waals surface area (Å²) < 4.78 is 43.2. The summed E-state index contributed by atoms with van der Waals surface area (Å²) in [6.45, 7) is 2.09. The van der Waals surface area contributed by atoms with Crippen LogP contribution in [0.4, 0.5) is 24.5 Å². The van der Waals surface area contributed by atoms with Crippen molar-refractivity contribution in [3.63, 3.8) is 0 Å². The summed E-state index contributed by atoms with van der Waals surface area (Å²) in [5.41, 5.74) is -2.25. The molecule has 8 nitrogen and oxygen atoms in total. The molecule has 1 aliphatic heterocycles. The molecule has 0 bridgehead atoms. The lowest BCUT2D eigenvalue weighted by Crippen LogP contribution is -2.41. The molecule has 2 rings (SSSR count). The second kappa shape index (κ2) is 9.57. The molecule has 160 valence electrons. The number of rotatable bonds is 6. The second-order valence-electron chi connectivity index (χ2n) is 6.71. The van der Waals surface area contributed by atoms with E-state index in [0.717, 1.165) is 31.7 Å². The number of alkyl halides is 3. The predicted molar refractivity (Wildman–Crippen MR) is 97.2 cm³/mol. The average molecular weight is 417 g/mol. The number of carbonyl (C=O) groups is 2. The van der Waals surface area contributed by atoms with Crippen molar-refractivity contribution in [3.05, 3.63) is 33.9 Å². The van der Waals surface area contributed by atoms with E-state index in [9.17, 15) is 32.9 Å². The van der Waals surface area contributed by atoms with Crippen LogP contribution in [0.2, 0.25) is 0 Å². The third-order valence-corrected chi connectivity index (χ3v) is 4.52. The Labute approximate surface area is 165 Å². The van der Waals surface area contributed by atoms with E-state index in [1.165, 1.54) is 6.92 Å². The fraction of sp³-hybridized carbons (Fsp3) is 0.556. The first-order valence-corrected chi connectivity index (χ1v) is 9.17. The number of ether oxygens (including phenoxy) is 1. The van der Waals surface area contributed by atoms with E-state index in [4.69, 9.17) is 4.74 Å². The number of anilines is 1. The van der Waals surface area contributed by atoms with Gasteiger partial charge in [-0.05, 0) is 31.9 Å². The molecule has 1 aromatic carbocycles. The third kappa shape index (κ3) is 6.33. The lowest BCUT2D eigenvalue weighted by atomic mass is 10.1. The minimum Gasteiger partial charge on any atom is -0.451 e. The summed E-state index contributed by atoms with van der Waals surface area (Å²) in [4.78, 5) is 36.1. The zero-order valence-corrected chi connectivity index (χ0v) is 15.8. The first kappa shape index (κ1) is 22.4. The summed E-state index contributed by atoms with van der Waals surface area (Å²) in [6.07, 6.45) is -1.92. The van der Waals surface area contributed by atoms with Crippen LogP contribution in [0.15, 0.2) is 18.2 Å². The maximum atomic E-state index is 12.7. The number of amides is 1. The maximum absolute atomic E-state index is 12.7. The van der Waals surface area contributed by atoms with Crippen molar-refractivity contribution in [1.29, 1.82) is 0 Å². The number of hydrogen-bond acceptors (Lipinski definition) is 6. The number of nitrogens with one attached hydrogen (secondary N) is 1. The van der Waals surface area contributed by atoms with Crippen LogP contribution >= 0.6 is 0 Å². The maximum Gasteiger partial charge on any atom is 0.416 e. The van der Waals surface area contributed by atoms with E-state index in [0.29, 0.717) is 25.2 Å². The fourth-order valence-electron chi connectivity index (χ4n) is 3.01. The van der Waals surface area contributed by atoms with Gasteiger partial charge in [0.2, 0.25) is 0 Å². The summed E-state index contributed by atoms with van der Waals surface area (Å²) in [5, 5.41) is 13.4. The van der Waals surface area contributed by atoms with Crippen molar-refractivity contribution in [2.45, 2.75) is 44.9 Å². The molecule has 1 N–H and O–H groups in total. The van der Waals surface area contributed by atoms with Gasteiger partial charge in [-0.2, -0.15) is 13.2 Å². The number of nitro groups is 1. The predicted octanol–water partition coefficient (Wildman–Crippen LogP) is 3.36. The van der Waals surface area contributed by atoms with Gasteiger partial charge in [0, 0.05) is 19.2 Å². The van der Waals surface area contributed by atoms with Crippen molar-refractivity contribution >= 4 is 23.3 Å². The van der Waals surface area contributed by atoms with Crippen LogP contribution in [0.25, 0.3) is 0 Å². The van der Waals surface area contributed by atoms with Gasteiger partial charge in [0.05, 0.1) is 10.5 Å². The monoisotopic (exact) mass is 417 g/mol. The Hall–Kier alpha value is -2.85. The minimum atomic E-state index is -4.73. The van der Waals surface area contributed by atoms with Gasteiger partial charge in [-0.1, -0.05) is 12.8 Å². The molecule has 0 aromatic heterocycles. The Morgan fingerprint density at radius 3 is 2.41 bits per heavy atom. The standard InChI is InChI=1S/C18H22F3N3O5/c1-12(17(26)23-8-4-2-3-5-9-23)29-16(25)11-22-14-7-6-13(18(19,20)21)10-15(14)24(27)28/h6-7,10,12,22H,2-5,8-9,11H2,1H3. The van der Waals surface area contributed by atoms with Crippen molar-refractivity contribution in [2.75, 3.05) is 25.0 Å². The molecule has 1 amide bonds. The Morgan fingerprint density at radius 1 is 1.24 bits per heavy atom. The van der Waals surface area contributed by atoms with Crippen molar-refractivity contribution < 1.29 is 32.4 Å². The Kier molecular flexibility index (Phi) is 7.40. The second-order valence-corrected chi connectivity index (χ2v) is 6.71. The molecule has 29 heavy (non-hydrogen) atoms. The summed E-state index contributed by atoms with van der Waals surface area (Å²) >= 11 is 0. The first-order chi connectivity index (χ1) is 13.6. The highest BCUT2D eigenvalue weighted by Gasteiger charge is 2.33. The third-order valence-electron chi connectivity index (χ3n) is 4.52. The quantitative estimate of drug-likeness (QED) is 0.433. The smallest absolute Gasteiger partial charge is 0.416 e. The molecule has 0 radical (unpaired) electrons. The summed E-state index contributed by atoms with van der Waals surface area (Å²) in [6, 6.07) is 1.94. The van der Waals surface area contributed by atoms with Gasteiger partial charge in [-0.25, -0.2) is 0 Å². The van der Waals surface area contributed by atoms with Crippen LogP contribution in [-0.2, 0) is 20.5 Å². The number of nitrogens with zero attached hydrogens (tertiary/aromatic N) is 2. The Bertz CT molecular complexity index is 762.